The molecule has 0 saturated heterocycles. The van der Waals surface area contributed by atoms with E-state index in [0.717, 1.165) is 30.1 Å². The van der Waals surface area contributed by atoms with Crippen molar-refractivity contribution in [3.05, 3.63) is 123 Å². The van der Waals surface area contributed by atoms with E-state index >= 15 is 0 Å². The Hall–Kier alpha value is -3.72. The molecule has 4 aromatic carbocycles. The van der Waals surface area contributed by atoms with E-state index in [9.17, 15) is 0 Å². The Bertz CT molecular complexity index is 1390. The smallest absolute Gasteiger partial charge is 0.126 e. The summed E-state index contributed by atoms with van der Waals surface area (Å²) in [6, 6.07) is 28.6. The second-order valence-corrected chi connectivity index (χ2v) is 9.21. The first-order valence-corrected chi connectivity index (χ1v) is 11.8. The maximum Gasteiger partial charge on any atom is 0.126 e. The Labute approximate surface area is 200 Å². The average molecular weight is 449 g/mol. The van der Waals surface area contributed by atoms with Gasteiger partial charge in [-0.3, -0.25) is 0 Å². The van der Waals surface area contributed by atoms with Crippen molar-refractivity contribution in [3.8, 4) is 17.2 Å². The molecule has 0 saturated carbocycles. The van der Waals surface area contributed by atoms with Gasteiger partial charge in [-0.1, -0.05) is 54.6 Å². The molecule has 3 nitrogen and oxygen atoms in total. The summed E-state index contributed by atoms with van der Waals surface area (Å²) in [5.41, 5.74) is 10.8. The van der Waals surface area contributed by atoms with Crippen LogP contribution in [-0.4, -0.2) is 21.3 Å². The monoisotopic (exact) mass is 448 g/mol. The van der Waals surface area contributed by atoms with E-state index in [1.54, 1.807) is 21.3 Å². The Kier molecular flexibility index (Phi) is 5.06. The molecule has 3 heteroatoms. The molecule has 0 heterocycles. The van der Waals surface area contributed by atoms with Gasteiger partial charge in [-0.2, -0.15) is 0 Å². The molecule has 2 atom stereocenters. The zero-order valence-corrected chi connectivity index (χ0v) is 19.8. The van der Waals surface area contributed by atoms with Crippen molar-refractivity contribution in [2.24, 2.45) is 0 Å². The van der Waals surface area contributed by atoms with Crippen molar-refractivity contribution >= 4 is 0 Å². The molecule has 170 valence electrons. The minimum Gasteiger partial charge on any atom is -0.497 e. The van der Waals surface area contributed by atoms with Crippen molar-refractivity contribution in [1.82, 2.24) is 0 Å². The van der Waals surface area contributed by atoms with Crippen LogP contribution >= 0.6 is 0 Å². The van der Waals surface area contributed by atoms with Crippen LogP contribution < -0.4 is 14.2 Å². The molecule has 0 N–H and O–H groups in total. The molecule has 0 unspecified atom stereocenters. The number of methoxy groups -OCH3 is 3. The van der Waals surface area contributed by atoms with E-state index < -0.39 is 0 Å². The van der Waals surface area contributed by atoms with Crippen LogP contribution in [0.25, 0.3) is 0 Å². The summed E-state index contributed by atoms with van der Waals surface area (Å²) in [5, 5.41) is 0. The highest BCUT2D eigenvalue weighted by atomic mass is 16.5. The molecule has 3 aliphatic carbocycles. The van der Waals surface area contributed by atoms with Crippen molar-refractivity contribution < 1.29 is 14.2 Å². The second kappa shape index (κ2) is 8.25. The lowest BCUT2D eigenvalue weighted by atomic mass is 9.72. The molecule has 7 rings (SSSR count). The molecule has 0 aliphatic heterocycles. The van der Waals surface area contributed by atoms with E-state index in [0.29, 0.717) is 5.92 Å². The zero-order valence-electron chi connectivity index (χ0n) is 19.8. The topological polar surface area (TPSA) is 27.7 Å². The van der Waals surface area contributed by atoms with Gasteiger partial charge < -0.3 is 14.2 Å². The summed E-state index contributed by atoms with van der Waals surface area (Å²) in [7, 11) is 5.20. The number of rotatable bonds is 5. The van der Waals surface area contributed by atoms with Gasteiger partial charge in [-0.15, -0.1) is 0 Å². The highest BCUT2D eigenvalue weighted by Crippen LogP contribution is 2.54. The lowest BCUT2D eigenvalue weighted by Gasteiger charge is -2.32. The number of ether oxygens (including phenoxy) is 3. The quantitative estimate of drug-likeness (QED) is 0.349. The van der Waals surface area contributed by atoms with Crippen LogP contribution in [0.3, 0.4) is 0 Å². The van der Waals surface area contributed by atoms with Crippen LogP contribution in [0.1, 0.15) is 56.3 Å². The van der Waals surface area contributed by atoms with Crippen molar-refractivity contribution in [2.75, 3.05) is 21.3 Å². The molecule has 3 aliphatic rings. The predicted octanol–water partition coefficient (Wildman–Crippen LogP) is 6.48. The summed E-state index contributed by atoms with van der Waals surface area (Å²) >= 11 is 0. The molecule has 0 fully saturated rings. The van der Waals surface area contributed by atoms with E-state index in [1.807, 2.05) is 12.1 Å². The summed E-state index contributed by atoms with van der Waals surface area (Å²) in [5.74, 6) is 3.12. The third-order valence-corrected chi connectivity index (χ3v) is 7.43. The van der Waals surface area contributed by atoms with E-state index in [4.69, 9.17) is 14.2 Å². The van der Waals surface area contributed by atoms with Gasteiger partial charge >= 0.3 is 0 Å². The predicted molar refractivity (Wildman–Crippen MR) is 135 cm³/mol. The Balaban J connectivity index is 1.53. The summed E-state index contributed by atoms with van der Waals surface area (Å²) in [6.07, 6.45) is 1.81. The molecular weight excluding hydrogens is 420 g/mol. The summed E-state index contributed by atoms with van der Waals surface area (Å²) in [4.78, 5) is 0. The van der Waals surface area contributed by atoms with E-state index in [2.05, 4.69) is 66.7 Å². The first-order chi connectivity index (χ1) is 16.7. The van der Waals surface area contributed by atoms with Crippen LogP contribution in [0.15, 0.2) is 78.9 Å². The van der Waals surface area contributed by atoms with Gasteiger partial charge in [0, 0.05) is 23.5 Å². The molecule has 0 radical (unpaired) electrons. The van der Waals surface area contributed by atoms with Gasteiger partial charge in [0.2, 0.25) is 0 Å². The third-order valence-electron chi connectivity index (χ3n) is 7.43. The van der Waals surface area contributed by atoms with E-state index in [1.165, 1.54) is 44.5 Å². The molecular formula is C31H28O3. The van der Waals surface area contributed by atoms with Crippen LogP contribution in [-0.2, 0) is 12.8 Å². The van der Waals surface area contributed by atoms with Gasteiger partial charge in [-0.25, -0.2) is 0 Å². The second-order valence-electron chi connectivity index (χ2n) is 9.21. The van der Waals surface area contributed by atoms with Crippen molar-refractivity contribution in [2.45, 2.75) is 24.7 Å². The van der Waals surface area contributed by atoms with Crippen molar-refractivity contribution in [3.63, 3.8) is 0 Å². The Morgan fingerprint density at radius 3 is 2.21 bits per heavy atom. The first kappa shape index (κ1) is 20.9. The maximum absolute atomic E-state index is 5.95. The third kappa shape index (κ3) is 3.27. The van der Waals surface area contributed by atoms with Crippen LogP contribution in [0.5, 0.6) is 17.2 Å². The SMILES string of the molecule is COc1cccc(Cc2ccc3c(c2)[C@H]2c4ccccc4[C@@H]3Cc3cc(OC)cc(OC)c32)c1. The molecule has 4 aromatic rings. The van der Waals surface area contributed by atoms with Gasteiger partial charge in [0.15, 0.2) is 0 Å². The minimum absolute atomic E-state index is 0.145. The maximum atomic E-state index is 5.95. The Morgan fingerprint density at radius 1 is 0.647 bits per heavy atom. The fourth-order valence-corrected chi connectivity index (χ4v) is 5.94. The Morgan fingerprint density at radius 2 is 1.41 bits per heavy atom. The summed E-state index contributed by atoms with van der Waals surface area (Å²) in [6.45, 7) is 0. The van der Waals surface area contributed by atoms with Gasteiger partial charge in [-0.05, 0) is 70.0 Å². The van der Waals surface area contributed by atoms with Gasteiger partial charge in [0.05, 0.1) is 21.3 Å². The normalized spacial score (nSPS) is 17.3. The highest BCUT2D eigenvalue weighted by molar-refractivity contribution is 5.66. The summed E-state index contributed by atoms with van der Waals surface area (Å²) < 4.78 is 17.0. The van der Waals surface area contributed by atoms with E-state index in [-0.39, 0.29) is 5.92 Å². The van der Waals surface area contributed by atoms with Crippen LogP contribution in [0.4, 0.5) is 0 Å². The van der Waals surface area contributed by atoms with Crippen molar-refractivity contribution in [1.29, 1.82) is 0 Å². The molecule has 34 heavy (non-hydrogen) atoms. The first-order valence-electron chi connectivity index (χ1n) is 11.8. The van der Waals surface area contributed by atoms with Crippen LogP contribution in [0, 0.1) is 0 Å². The lowest BCUT2D eigenvalue weighted by Crippen LogP contribution is -2.17. The zero-order chi connectivity index (χ0) is 23.2. The standard InChI is InChI=1S/C31H28O3/c1-32-22-8-6-7-19(14-22)13-20-11-12-25-27-17-21-16-23(33-2)18-29(34-3)30(21)31(28(25)15-20)26-10-5-4-9-24(26)27/h4-12,14-16,18,27,31H,13,17H2,1-3H3/t27-,31+/m0/s1. The molecule has 2 bridgehead atoms. The molecule has 0 amide bonds. The minimum atomic E-state index is 0.145. The fraction of sp³-hybridized carbons (Fsp3) is 0.226. The lowest BCUT2D eigenvalue weighted by molar-refractivity contribution is 0.390. The highest BCUT2D eigenvalue weighted by Gasteiger charge is 2.39. The number of benzene rings is 4. The average Bonchev–Trinajstić information content (AvgIpc) is 3.12. The number of hydrogen-bond acceptors (Lipinski definition) is 3. The number of hydrogen-bond donors (Lipinski definition) is 0. The van der Waals surface area contributed by atoms with Crippen LogP contribution in [0.2, 0.25) is 0 Å². The fourth-order valence-electron chi connectivity index (χ4n) is 5.94. The van der Waals surface area contributed by atoms with Gasteiger partial charge in [0.25, 0.3) is 0 Å². The van der Waals surface area contributed by atoms with Gasteiger partial charge in [0.1, 0.15) is 17.2 Å². The molecule has 0 spiro atoms. The largest absolute Gasteiger partial charge is 0.497 e. The molecule has 0 aromatic heterocycles.